The van der Waals surface area contributed by atoms with Gasteiger partial charge in [0, 0.05) is 22.5 Å². The Labute approximate surface area is 243 Å². The lowest BCUT2D eigenvalue weighted by Crippen LogP contribution is -2.22. The molecule has 0 bridgehead atoms. The number of hydrogen-bond donors (Lipinski definition) is 1. The Morgan fingerprint density at radius 1 is 1.08 bits per heavy atom. The van der Waals surface area contributed by atoms with E-state index in [0.29, 0.717) is 41.6 Å². The lowest BCUT2D eigenvalue weighted by Gasteiger charge is -2.13. The van der Waals surface area contributed by atoms with Gasteiger partial charge in [-0.3, -0.25) is 18.7 Å². The van der Waals surface area contributed by atoms with Crippen LogP contribution >= 0.6 is 46.9 Å². The minimum absolute atomic E-state index is 0.0337. The Morgan fingerprint density at radius 3 is 2.54 bits per heavy atom. The van der Waals surface area contributed by atoms with Crippen molar-refractivity contribution in [2.75, 3.05) is 18.2 Å². The number of carbonyl (C=O) groups is 1. The van der Waals surface area contributed by atoms with Gasteiger partial charge in [0.1, 0.15) is 10.4 Å². The number of nitrogens with one attached hydrogen (secondary N) is 1. The maximum Gasteiger partial charge on any atom is 0.278 e. The number of aryl methyl sites for hydroxylation is 2. The molecule has 39 heavy (non-hydrogen) atoms. The number of thiazole rings is 1. The van der Waals surface area contributed by atoms with Crippen molar-refractivity contribution in [3.8, 4) is 17.1 Å². The summed E-state index contributed by atoms with van der Waals surface area (Å²) >= 11 is 14.3. The van der Waals surface area contributed by atoms with Gasteiger partial charge in [-0.25, -0.2) is 4.98 Å². The van der Waals surface area contributed by atoms with Gasteiger partial charge in [-0.05, 0) is 74.1 Å². The normalized spacial score (nSPS) is 11.1. The third-order valence-electron chi connectivity index (χ3n) is 5.95. The van der Waals surface area contributed by atoms with Crippen LogP contribution in [-0.4, -0.2) is 32.9 Å². The van der Waals surface area contributed by atoms with E-state index >= 15 is 0 Å². The highest BCUT2D eigenvalue weighted by Crippen LogP contribution is 2.29. The quantitative estimate of drug-likeness (QED) is 0.124. The maximum absolute atomic E-state index is 13.9. The Morgan fingerprint density at radius 2 is 1.82 bits per heavy atom. The molecule has 0 fully saturated rings. The number of hydrogen-bond acceptors (Lipinski definition) is 7. The highest BCUT2D eigenvalue weighted by Gasteiger charge is 2.20. The predicted molar refractivity (Wildman–Crippen MR) is 162 cm³/mol. The molecule has 0 atom stereocenters. The summed E-state index contributed by atoms with van der Waals surface area (Å²) < 4.78 is 9.47. The van der Waals surface area contributed by atoms with E-state index in [1.54, 1.807) is 42.0 Å². The second-order valence-corrected chi connectivity index (χ2v) is 11.7. The molecule has 0 radical (unpaired) electrons. The third-order valence-corrected chi connectivity index (χ3v) is 8.67. The molecule has 0 aliphatic heterocycles. The molecule has 198 valence electrons. The Hall–Kier alpha value is -3.44. The van der Waals surface area contributed by atoms with E-state index in [9.17, 15) is 9.59 Å². The number of ether oxygens (including phenoxy) is 1. The van der Waals surface area contributed by atoms with Crippen LogP contribution < -0.4 is 15.6 Å². The van der Waals surface area contributed by atoms with E-state index in [0.717, 1.165) is 16.8 Å². The molecule has 0 aliphatic carbocycles. The molecule has 0 saturated carbocycles. The van der Waals surface area contributed by atoms with Gasteiger partial charge in [-0.1, -0.05) is 58.5 Å². The van der Waals surface area contributed by atoms with Crippen molar-refractivity contribution < 1.29 is 9.53 Å². The van der Waals surface area contributed by atoms with Crippen molar-refractivity contribution in [1.82, 2.24) is 14.1 Å². The number of fused-ring (bicyclic) bond motifs is 1. The first-order valence-electron chi connectivity index (χ1n) is 11.8. The van der Waals surface area contributed by atoms with Gasteiger partial charge in [-0.15, -0.1) is 0 Å². The minimum atomic E-state index is -0.250. The molecule has 0 spiro atoms. The number of carbonyl (C=O) groups excluding carboxylic acids is 1. The lowest BCUT2D eigenvalue weighted by molar-refractivity contribution is -0.113. The number of methoxy groups -OCH3 is 1. The number of halogens is 1. The Kier molecular flexibility index (Phi) is 7.90. The van der Waals surface area contributed by atoms with E-state index in [1.165, 1.54) is 27.7 Å². The van der Waals surface area contributed by atoms with E-state index in [2.05, 4.69) is 5.32 Å². The van der Waals surface area contributed by atoms with Crippen LogP contribution in [0.1, 0.15) is 11.1 Å². The topological polar surface area (TPSA) is 78.2 Å². The fraction of sp³-hybridized carbons (Fsp3) is 0.143. The number of anilines is 1. The molecule has 5 aromatic rings. The molecular weight excluding hydrogens is 572 g/mol. The van der Waals surface area contributed by atoms with Crippen LogP contribution in [0, 0.1) is 17.8 Å². The van der Waals surface area contributed by atoms with Crippen molar-refractivity contribution in [2.45, 2.75) is 19.0 Å². The molecule has 1 amide bonds. The van der Waals surface area contributed by atoms with Gasteiger partial charge in [-0.2, -0.15) is 0 Å². The summed E-state index contributed by atoms with van der Waals surface area (Å²) in [5, 5.41) is 3.89. The number of aromatic nitrogens is 3. The molecule has 1 N–H and O–H groups in total. The van der Waals surface area contributed by atoms with Gasteiger partial charge in [0.25, 0.3) is 5.56 Å². The fourth-order valence-corrected chi connectivity index (χ4v) is 6.20. The Balaban J connectivity index is 1.59. The van der Waals surface area contributed by atoms with Gasteiger partial charge in [0.2, 0.25) is 5.91 Å². The first kappa shape index (κ1) is 27.1. The number of thioether (sulfide) groups is 1. The van der Waals surface area contributed by atoms with E-state index in [1.807, 2.05) is 50.2 Å². The standard InChI is InChI=1S/C28H23ClN4O3S3/c1-16-7-9-19(10-8-16)33-26(35)24-25(32(28(37)39-24)20-11-12-22(29)17(2)13-20)31-27(33)38-15-23(34)30-18-5-4-6-21(14-18)36-3/h4-14H,15H2,1-3H3,(H,30,34). The SMILES string of the molecule is COc1cccc(NC(=O)CSc2nc3c(sc(=S)n3-c3ccc(Cl)c(C)c3)c(=O)n2-c2ccc(C)cc2)c1. The maximum atomic E-state index is 13.9. The van der Waals surface area contributed by atoms with E-state index in [4.69, 9.17) is 33.5 Å². The van der Waals surface area contributed by atoms with Gasteiger partial charge in [0.15, 0.2) is 14.8 Å². The first-order chi connectivity index (χ1) is 18.7. The average Bonchev–Trinajstić information content (AvgIpc) is 3.26. The summed E-state index contributed by atoms with van der Waals surface area (Å²) in [4.78, 5) is 31.6. The molecular formula is C28H23ClN4O3S3. The van der Waals surface area contributed by atoms with Crippen LogP contribution in [0.25, 0.3) is 21.7 Å². The molecule has 2 heterocycles. The van der Waals surface area contributed by atoms with Crippen molar-refractivity contribution in [1.29, 1.82) is 0 Å². The summed E-state index contributed by atoms with van der Waals surface area (Å²) in [5.74, 6) is 0.430. The lowest BCUT2D eigenvalue weighted by atomic mass is 10.2. The predicted octanol–water partition coefficient (Wildman–Crippen LogP) is 6.98. The first-order valence-corrected chi connectivity index (χ1v) is 14.4. The molecule has 5 rings (SSSR count). The van der Waals surface area contributed by atoms with Crippen molar-refractivity contribution in [3.05, 3.63) is 97.2 Å². The molecule has 11 heteroatoms. The molecule has 3 aromatic carbocycles. The zero-order chi connectivity index (χ0) is 27.7. The van der Waals surface area contributed by atoms with Crippen LogP contribution in [0.2, 0.25) is 5.02 Å². The number of amides is 1. The number of benzene rings is 3. The van der Waals surface area contributed by atoms with Crippen LogP contribution in [0.5, 0.6) is 5.75 Å². The minimum Gasteiger partial charge on any atom is -0.497 e. The smallest absolute Gasteiger partial charge is 0.278 e. The van der Waals surface area contributed by atoms with Crippen LogP contribution in [0.3, 0.4) is 0 Å². The molecule has 7 nitrogen and oxygen atoms in total. The van der Waals surface area contributed by atoms with Crippen molar-refractivity contribution >= 4 is 68.9 Å². The molecule has 0 unspecified atom stereocenters. The van der Waals surface area contributed by atoms with E-state index in [-0.39, 0.29) is 17.2 Å². The summed E-state index contributed by atoms with van der Waals surface area (Å²) in [7, 11) is 1.57. The fourth-order valence-electron chi connectivity index (χ4n) is 3.98. The summed E-state index contributed by atoms with van der Waals surface area (Å²) in [6.45, 7) is 3.89. The molecule has 0 saturated heterocycles. The van der Waals surface area contributed by atoms with Gasteiger partial charge in [0.05, 0.1) is 18.6 Å². The second kappa shape index (κ2) is 11.4. The molecule has 0 aliphatic rings. The summed E-state index contributed by atoms with van der Waals surface area (Å²) in [6.07, 6.45) is 0. The van der Waals surface area contributed by atoms with Gasteiger partial charge < -0.3 is 10.1 Å². The average molecular weight is 595 g/mol. The van der Waals surface area contributed by atoms with Crippen LogP contribution in [0.4, 0.5) is 5.69 Å². The third kappa shape index (κ3) is 5.65. The number of rotatable bonds is 7. The number of nitrogens with zero attached hydrogens (tertiary/aromatic N) is 3. The summed E-state index contributed by atoms with van der Waals surface area (Å²) in [6, 6.07) is 20.3. The zero-order valence-electron chi connectivity index (χ0n) is 21.2. The zero-order valence-corrected chi connectivity index (χ0v) is 24.4. The monoisotopic (exact) mass is 594 g/mol. The highest BCUT2D eigenvalue weighted by molar-refractivity contribution is 7.99. The largest absolute Gasteiger partial charge is 0.497 e. The second-order valence-electron chi connectivity index (χ2n) is 8.73. The Bertz CT molecular complexity index is 1830. The summed E-state index contributed by atoms with van der Waals surface area (Å²) in [5.41, 5.74) is 4.17. The van der Waals surface area contributed by atoms with Crippen molar-refractivity contribution in [3.63, 3.8) is 0 Å². The molecule has 2 aromatic heterocycles. The van der Waals surface area contributed by atoms with E-state index < -0.39 is 0 Å². The van der Waals surface area contributed by atoms with Gasteiger partial charge >= 0.3 is 0 Å². The van der Waals surface area contributed by atoms with Crippen LogP contribution in [0.15, 0.2) is 76.7 Å². The van der Waals surface area contributed by atoms with Crippen LogP contribution in [-0.2, 0) is 4.79 Å². The highest BCUT2D eigenvalue weighted by atomic mass is 35.5. The van der Waals surface area contributed by atoms with Crippen molar-refractivity contribution in [2.24, 2.45) is 0 Å².